The Kier molecular flexibility index (Phi) is 3.09. The van der Waals surface area contributed by atoms with Crippen molar-refractivity contribution in [3.8, 4) is 0 Å². The molecule has 0 heterocycles. The molecule has 0 aliphatic heterocycles. The van der Waals surface area contributed by atoms with E-state index in [4.69, 9.17) is 4.74 Å². The van der Waals surface area contributed by atoms with Crippen molar-refractivity contribution in [1.29, 1.82) is 0 Å². The number of carbonyl (C=O) groups excluding carboxylic acids is 1. The van der Waals surface area contributed by atoms with Crippen LogP contribution in [0.1, 0.15) is 33.1 Å². The molecule has 1 N–H and O–H groups in total. The van der Waals surface area contributed by atoms with Gasteiger partial charge in [0.25, 0.3) is 0 Å². The van der Waals surface area contributed by atoms with Crippen molar-refractivity contribution < 1.29 is 14.6 Å². The van der Waals surface area contributed by atoms with Gasteiger partial charge in [-0.2, -0.15) is 0 Å². The van der Waals surface area contributed by atoms with Gasteiger partial charge in [-0.05, 0) is 33.1 Å². The van der Waals surface area contributed by atoms with E-state index in [1.165, 1.54) is 0 Å². The zero-order valence-electron chi connectivity index (χ0n) is 7.62. The molecule has 0 saturated heterocycles. The normalized spacial score (nSPS) is 29.3. The maximum Gasteiger partial charge on any atom is 0.309 e. The summed E-state index contributed by atoms with van der Waals surface area (Å²) < 4.78 is 5.03. The monoisotopic (exact) mass is 172 g/mol. The summed E-state index contributed by atoms with van der Waals surface area (Å²) in [5, 5.41) is 9.17. The van der Waals surface area contributed by atoms with Gasteiger partial charge in [-0.3, -0.25) is 4.79 Å². The summed E-state index contributed by atoms with van der Waals surface area (Å²) in [7, 11) is 0. The fraction of sp³-hybridized carbons (Fsp3) is 0.889. The molecule has 1 aliphatic rings. The summed E-state index contributed by atoms with van der Waals surface area (Å²) in [5.74, 6) is -0.219. The highest BCUT2D eigenvalue weighted by molar-refractivity contribution is 5.72. The molecule has 1 aliphatic carbocycles. The highest BCUT2D eigenvalue weighted by atomic mass is 16.5. The van der Waals surface area contributed by atoms with Gasteiger partial charge >= 0.3 is 5.97 Å². The number of ether oxygens (including phenoxy) is 1. The van der Waals surface area contributed by atoms with Crippen LogP contribution < -0.4 is 0 Å². The van der Waals surface area contributed by atoms with Crippen molar-refractivity contribution in [2.45, 2.75) is 45.3 Å². The lowest BCUT2D eigenvalue weighted by molar-refractivity contribution is -0.152. The van der Waals surface area contributed by atoms with E-state index >= 15 is 0 Å². The minimum absolute atomic E-state index is 0.0461. The number of hydrogen-bond acceptors (Lipinski definition) is 3. The Morgan fingerprint density at radius 3 is 2.58 bits per heavy atom. The smallest absolute Gasteiger partial charge is 0.309 e. The third kappa shape index (κ3) is 2.48. The molecule has 0 aromatic heterocycles. The Bertz CT molecular complexity index is 165. The topological polar surface area (TPSA) is 46.5 Å². The quantitative estimate of drug-likeness (QED) is 0.634. The molecular formula is C9H16O3. The van der Waals surface area contributed by atoms with Crippen LogP contribution in [-0.4, -0.2) is 23.3 Å². The van der Waals surface area contributed by atoms with Gasteiger partial charge in [0.1, 0.15) is 0 Å². The number of aliphatic hydroxyl groups excluding tert-OH is 1. The van der Waals surface area contributed by atoms with Crippen LogP contribution in [0.25, 0.3) is 0 Å². The Morgan fingerprint density at radius 2 is 2.17 bits per heavy atom. The van der Waals surface area contributed by atoms with Gasteiger partial charge in [-0.1, -0.05) is 0 Å². The van der Waals surface area contributed by atoms with Crippen LogP contribution in [0.5, 0.6) is 0 Å². The molecule has 0 amide bonds. The average Bonchev–Trinajstić information content (AvgIpc) is 2.34. The van der Waals surface area contributed by atoms with Crippen molar-refractivity contribution in [2.75, 3.05) is 0 Å². The van der Waals surface area contributed by atoms with Crippen molar-refractivity contribution >= 4 is 5.97 Å². The average molecular weight is 172 g/mol. The second-order valence-electron chi connectivity index (χ2n) is 3.65. The largest absolute Gasteiger partial charge is 0.463 e. The van der Waals surface area contributed by atoms with Crippen LogP contribution in [0.3, 0.4) is 0 Å². The van der Waals surface area contributed by atoms with E-state index in [1.807, 2.05) is 13.8 Å². The van der Waals surface area contributed by atoms with Crippen LogP contribution in [-0.2, 0) is 9.53 Å². The molecule has 2 atom stereocenters. The Balaban J connectivity index is 2.33. The zero-order chi connectivity index (χ0) is 9.14. The first kappa shape index (κ1) is 9.52. The van der Waals surface area contributed by atoms with Crippen molar-refractivity contribution in [1.82, 2.24) is 0 Å². The SMILES string of the molecule is CC(C)OC(=O)[C@H]1CC[C@H](O)C1. The van der Waals surface area contributed by atoms with Gasteiger partial charge < -0.3 is 9.84 Å². The van der Waals surface area contributed by atoms with Crippen LogP contribution in [0, 0.1) is 5.92 Å². The first-order valence-corrected chi connectivity index (χ1v) is 4.48. The minimum atomic E-state index is -0.297. The molecule has 0 aromatic carbocycles. The van der Waals surface area contributed by atoms with E-state index in [0.29, 0.717) is 6.42 Å². The molecule has 0 aromatic rings. The Labute approximate surface area is 72.7 Å². The number of rotatable bonds is 2. The van der Waals surface area contributed by atoms with Gasteiger partial charge in [0.05, 0.1) is 18.1 Å². The molecule has 12 heavy (non-hydrogen) atoms. The molecule has 1 fully saturated rings. The molecule has 0 bridgehead atoms. The van der Waals surface area contributed by atoms with Crippen LogP contribution in [0.15, 0.2) is 0 Å². The zero-order valence-corrected chi connectivity index (χ0v) is 7.62. The first-order valence-electron chi connectivity index (χ1n) is 4.48. The second kappa shape index (κ2) is 3.90. The fourth-order valence-electron chi connectivity index (χ4n) is 1.50. The summed E-state index contributed by atoms with van der Waals surface area (Å²) in [6.45, 7) is 3.67. The van der Waals surface area contributed by atoms with Crippen molar-refractivity contribution in [2.24, 2.45) is 5.92 Å². The maximum absolute atomic E-state index is 11.3. The predicted octanol–water partition coefficient (Wildman–Crippen LogP) is 1.10. The van der Waals surface area contributed by atoms with Gasteiger partial charge in [-0.15, -0.1) is 0 Å². The number of aliphatic hydroxyl groups is 1. The molecule has 3 heteroatoms. The second-order valence-corrected chi connectivity index (χ2v) is 3.65. The van der Waals surface area contributed by atoms with E-state index in [2.05, 4.69) is 0 Å². The van der Waals surface area contributed by atoms with Crippen LogP contribution >= 0.6 is 0 Å². The van der Waals surface area contributed by atoms with E-state index in [1.54, 1.807) is 0 Å². The van der Waals surface area contributed by atoms with E-state index < -0.39 is 0 Å². The van der Waals surface area contributed by atoms with E-state index in [9.17, 15) is 9.90 Å². The molecular weight excluding hydrogens is 156 g/mol. The lowest BCUT2D eigenvalue weighted by Gasteiger charge is -2.11. The molecule has 0 spiro atoms. The van der Waals surface area contributed by atoms with Crippen molar-refractivity contribution in [3.63, 3.8) is 0 Å². The Hall–Kier alpha value is -0.570. The fourth-order valence-corrected chi connectivity index (χ4v) is 1.50. The van der Waals surface area contributed by atoms with Crippen LogP contribution in [0.2, 0.25) is 0 Å². The molecule has 1 rings (SSSR count). The predicted molar refractivity (Wildman–Crippen MR) is 44.6 cm³/mol. The third-order valence-corrected chi connectivity index (χ3v) is 2.09. The Morgan fingerprint density at radius 1 is 1.50 bits per heavy atom. The van der Waals surface area contributed by atoms with E-state index in [0.717, 1.165) is 12.8 Å². The summed E-state index contributed by atoms with van der Waals surface area (Å²) in [4.78, 5) is 11.3. The summed E-state index contributed by atoms with van der Waals surface area (Å²) in [6.07, 6.45) is 1.74. The highest BCUT2D eigenvalue weighted by Crippen LogP contribution is 2.26. The maximum atomic E-state index is 11.3. The lowest BCUT2D eigenvalue weighted by Crippen LogP contribution is -2.19. The first-order chi connectivity index (χ1) is 5.59. The van der Waals surface area contributed by atoms with Gasteiger partial charge in [-0.25, -0.2) is 0 Å². The van der Waals surface area contributed by atoms with Crippen molar-refractivity contribution in [3.05, 3.63) is 0 Å². The summed E-state index contributed by atoms with van der Waals surface area (Å²) >= 11 is 0. The molecule has 0 unspecified atom stereocenters. The molecule has 0 radical (unpaired) electrons. The number of esters is 1. The lowest BCUT2D eigenvalue weighted by atomic mass is 10.1. The van der Waals surface area contributed by atoms with Crippen LogP contribution in [0.4, 0.5) is 0 Å². The number of hydrogen-bond donors (Lipinski definition) is 1. The van der Waals surface area contributed by atoms with Gasteiger partial charge in [0.15, 0.2) is 0 Å². The van der Waals surface area contributed by atoms with Gasteiger partial charge in [0.2, 0.25) is 0 Å². The standard InChI is InChI=1S/C9H16O3/c1-6(2)12-9(11)7-3-4-8(10)5-7/h6-8,10H,3-5H2,1-2H3/t7-,8-/m0/s1. The third-order valence-electron chi connectivity index (χ3n) is 2.09. The molecule has 1 saturated carbocycles. The summed E-state index contributed by atoms with van der Waals surface area (Å²) in [5.41, 5.74) is 0. The summed E-state index contributed by atoms with van der Waals surface area (Å²) in [6, 6.07) is 0. The van der Waals surface area contributed by atoms with Gasteiger partial charge in [0, 0.05) is 0 Å². The molecule has 3 nitrogen and oxygen atoms in total. The number of carbonyl (C=O) groups is 1. The highest BCUT2D eigenvalue weighted by Gasteiger charge is 2.30. The molecule has 70 valence electrons. The van der Waals surface area contributed by atoms with E-state index in [-0.39, 0.29) is 24.1 Å². The minimum Gasteiger partial charge on any atom is -0.463 e.